The van der Waals surface area contributed by atoms with Crippen molar-refractivity contribution in [3.05, 3.63) is 59.0 Å². The summed E-state index contributed by atoms with van der Waals surface area (Å²) in [6.45, 7) is 5.87. The van der Waals surface area contributed by atoms with Crippen molar-refractivity contribution in [1.82, 2.24) is 4.57 Å². The molecule has 2 N–H and O–H groups in total. The number of phenolic OH excluding ortho intramolecular Hbond substituents is 1. The van der Waals surface area contributed by atoms with E-state index < -0.39 is 11.6 Å². The molecule has 164 valence electrons. The van der Waals surface area contributed by atoms with E-state index in [2.05, 4.69) is 18.4 Å². The molecule has 1 saturated carbocycles. The minimum absolute atomic E-state index is 0.0206. The number of fused-ring (bicyclic) bond motifs is 1. The molecule has 0 amide bonds. The Bertz CT molecular complexity index is 1160. The molecule has 0 radical (unpaired) electrons. The number of hydrogen-bond acceptors (Lipinski definition) is 2. The molecule has 0 bridgehead atoms. The van der Waals surface area contributed by atoms with Gasteiger partial charge in [-0.3, -0.25) is 0 Å². The lowest BCUT2D eigenvalue weighted by molar-refractivity contribution is -0.153. The SMILES string of the molecule is Cc1cc(-n2c(C(C)C)c([C@H]3CC[C@](F)(C(=O)O)CC3)c3cc(O)ccc32)ccc1F. The van der Waals surface area contributed by atoms with Crippen LogP contribution in [0.5, 0.6) is 5.75 Å². The van der Waals surface area contributed by atoms with Crippen LogP contribution in [0.2, 0.25) is 0 Å². The van der Waals surface area contributed by atoms with Crippen molar-refractivity contribution in [1.29, 1.82) is 0 Å². The highest BCUT2D eigenvalue weighted by atomic mass is 19.1. The molecule has 31 heavy (non-hydrogen) atoms. The van der Waals surface area contributed by atoms with Crippen LogP contribution in [0.1, 0.15) is 68.2 Å². The van der Waals surface area contributed by atoms with Crippen LogP contribution in [-0.2, 0) is 4.79 Å². The second kappa shape index (κ2) is 7.66. The van der Waals surface area contributed by atoms with Gasteiger partial charge in [-0.2, -0.15) is 0 Å². The average Bonchev–Trinajstić information content (AvgIpc) is 3.05. The average molecular weight is 427 g/mol. The Morgan fingerprint density at radius 3 is 2.42 bits per heavy atom. The molecule has 0 atom stereocenters. The smallest absolute Gasteiger partial charge is 0.341 e. The Morgan fingerprint density at radius 2 is 1.84 bits per heavy atom. The zero-order valence-electron chi connectivity index (χ0n) is 18.0. The lowest BCUT2D eigenvalue weighted by Crippen LogP contribution is -2.37. The molecule has 0 saturated heterocycles. The number of rotatable bonds is 4. The second-order valence-corrected chi connectivity index (χ2v) is 8.97. The number of aromatic hydroxyl groups is 1. The number of phenols is 1. The molecule has 2 aromatic carbocycles. The molecule has 4 rings (SSSR count). The highest BCUT2D eigenvalue weighted by Crippen LogP contribution is 2.47. The van der Waals surface area contributed by atoms with Gasteiger partial charge in [0.2, 0.25) is 5.67 Å². The molecule has 0 spiro atoms. The molecule has 0 aliphatic heterocycles. The van der Waals surface area contributed by atoms with E-state index in [0.29, 0.717) is 18.4 Å². The Morgan fingerprint density at radius 1 is 1.16 bits per heavy atom. The summed E-state index contributed by atoms with van der Waals surface area (Å²) in [6, 6.07) is 10.2. The minimum atomic E-state index is -2.18. The molecule has 3 aromatic rings. The number of nitrogens with zero attached hydrogens (tertiary/aromatic N) is 1. The molecule has 4 nitrogen and oxygen atoms in total. The largest absolute Gasteiger partial charge is 0.508 e. The summed E-state index contributed by atoms with van der Waals surface area (Å²) in [6.07, 6.45) is 0.761. The number of alkyl halides is 1. The van der Waals surface area contributed by atoms with Crippen LogP contribution in [0.15, 0.2) is 36.4 Å². The minimum Gasteiger partial charge on any atom is -0.508 e. The number of hydrogen-bond donors (Lipinski definition) is 2. The predicted octanol–water partition coefficient (Wildman–Crippen LogP) is 6.36. The quantitative estimate of drug-likeness (QED) is 0.509. The van der Waals surface area contributed by atoms with Crippen molar-refractivity contribution >= 4 is 16.9 Å². The monoisotopic (exact) mass is 427 g/mol. The molecule has 0 unspecified atom stereocenters. The second-order valence-electron chi connectivity index (χ2n) is 8.97. The third-order valence-corrected chi connectivity index (χ3v) is 6.54. The van der Waals surface area contributed by atoms with E-state index in [0.717, 1.165) is 27.8 Å². The predicted molar refractivity (Wildman–Crippen MR) is 116 cm³/mol. The van der Waals surface area contributed by atoms with E-state index >= 15 is 0 Å². The Hall–Kier alpha value is -2.89. The topological polar surface area (TPSA) is 62.5 Å². The Balaban J connectivity index is 1.93. The molecule has 1 heterocycles. The zero-order chi connectivity index (χ0) is 22.5. The Kier molecular flexibility index (Phi) is 5.28. The summed E-state index contributed by atoms with van der Waals surface area (Å²) in [7, 11) is 0. The maximum Gasteiger partial charge on any atom is 0.341 e. The van der Waals surface area contributed by atoms with Gasteiger partial charge in [0.15, 0.2) is 0 Å². The maximum absolute atomic E-state index is 14.7. The van der Waals surface area contributed by atoms with Crippen LogP contribution < -0.4 is 0 Å². The first-order valence-electron chi connectivity index (χ1n) is 10.7. The first-order chi connectivity index (χ1) is 14.6. The van der Waals surface area contributed by atoms with Crippen molar-refractivity contribution in [2.24, 2.45) is 0 Å². The van der Waals surface area contributed by atoms with E-state index in [1.807, 2.05) is 6.07 Å². The van der Waals surface area contributed by atoms with E-state index in [9.17, 15) is 23.8 Å². The fourth-order valence-corrected chi connectivity index (χ4v) is 4.95. The van der Waals surface area contributed by atoms with Gasteiger partial charge in [-0.05, 0) is 92.0 Å². The van der Waals surface area contributed by atoms with Gasteiger partial charge in [0.1, 0.15) is 11.6 Å². The summed E-state index contributed by atoms with van der Waals surface area (Å²) in [5, 5.41) is 20.3. The summed E-state index contributed by atoms with van der Waals surface area (Å²) < 4.78 is 30.7. The van der Waals surface area contributed by atoms with Gasteiger partial charge in [0.05, 0.1) is 5.52 Å². The van der Waals surface area contributed by atoms with Crippen molar-refractivity contribution < 1.29 is 23.8 Å². The number of benzene rings is 2. The molecule has 1 aromatic heterocycles. The first kappa shape index (κ1) is 21.3. The van der Waals surface area contributed by atoms with Crippen molar-refractivity contribution in [2.45, 2.75) is 64.0 Å². The lowest BCUT2D eigenvalue weighted by atomic mass is 9.75. The number of carboxylic acids is 1. The highest BCUT2D eigenvalue weighted by molar-refractivity contribution is 5.89. The van der Waals surface area contributed by atoms with Crippen molar-refractivity contribution in [2.75, 3.05) is 0 Å². The molecular weight excluding hydrogens is 400 g/mol. The molecule has 1 fully saturated rings. The number of halogens is 2. The standard InChI is InChI=1S/C25H27F2NO3/c1-14(2)23-22(16-8-10-25(27,11-9-16)24(30)31)19-13-18(29)5-7-21(19)28(23)17-4-6-20(26)15(3)12-17/h4-7,12-14,16,29H,8-11H2,1-3H3,(H,30,31)/t16-,25+. The molecular formula is C25H27F2NO3. The third-order valence-electron chi connectivity index (χ3n) is 6.54. The van der Waals surface area contributed by atoms with E-state index in [-0.39, 0.29) is 36.2 Å². The zero-order valence-corrected chi connectivity index (χ0v) is 18.0. The van der Waals surface area contributed by atoms with Crippen molar-refractivity contribution in [3.63, 3.8) is 0 Å². The van der Waals surface area contributed by atoms with Gasteiger partial charge in [-0.15, -0.1) is 0 Å². The van der Waals surface area contributed by atoms with Crippen LogP contribution in [0.4, 0.5) is 8.78 Å². The highest BCUT2D eigenvalue weighted by Gasteiger charge is 2.43. The fraction of sp³-hybridized carbons (Fsp3) is 0.400. The van der Waals surface area contributed by atoms with Gasteiger partial charge in [-0.25, -0.2) is 13.6 Å². The molecule has 1 aliphatic rings. The lowest BCUT2D eigenvalue weighted by Gasteiger charge is -2.32. The van der Waals surface area contributed by atoms with Crippen LogP contribution in [0.3, 0.4) is 0 Å². The molecule has 1 aliphatic carbocycles. The van der Waals surface area contributed by atoms with Gasteiger partial charge >= 0.3 is 5.97 Å². The number of carbonyl (C=O) groups is 1. The number of carboxylic acid groups (broad SMARTS) is 1. The molecule has 6 heteroatoms. The van der Waals surface area contributed by atoms with Gasteiger partial charge in [0, 0.05) is 16.8 Å². The van der Waals surface area contributed by atoms with E-state index in [1.54, 1.807) is 31.2 Å². The van der Waals surface area contributed by atoms with Gasteiger partial charge in [0.25, 0.3) is 0 Å². The normalized spacial score (nSPS) is 21.7. The van der Waals surface area contributed by atoms with Gasteiger partial charge in [-0.1, -0.05) is 13.8 Å². The number of aromatic nitrogens is 1. The van der Waals surface area contributed by atoms with Crippen LogP contribution >= 0.6 is 0 Å². The van der Waals surface area contributed by atoms with E-state index in [4.69, 9.17) is 0 Å². The van der Waals surface area contributed by atoms with Crippen LogP contribution in [0, 0.1) is 12.7 Å². The summed E-state index contributed by atoms with van der Waals surface area (Å²) in [5.41, 5.74) is 2.12. The summed E-state index contributed by atoms with van der Waals surface area (Å²) in [4.78, 5) is 11.4. The number of aliphatic carboxylic acids is 1. The number of aryl methyl sites for hydroxylation is 1. The maximum atomic E-state index is 14.7. The van der Waals surface area contributed by atoms with Gasteiger partial charge < -0.3 is 14.8 Å². The van der Waals surface area contributed by atoms with Crippen molar-refractivity contribution in [3.8, 4) is 11.4 Å². The fourth-order valence-electron chi connectivity index (χ4n) is 4.95. The summed E-state index contributed by atoms with van der Waals surface area (Å²) >= 11 is 0. The first-order valence-corrected chi connectivity index (χ1v) is 10.7. The Labute approximate surface area is 180 Å². The van der Waals surface area contributed by atoms with Crippen LogP contribution in [0.25, 0.3) is 16.6 Å². The third kappa shape index (κ3) is 3.58. The van der Waals surface area contributed by atoms with Crippen LogP contribution in [-0.4, -0.2) is 26.4 Å². The van der Waals surface area contributed by atoms with E-state index in [1.165, 1.54) is 6.07 Å². The summed E-state index contributed by atoms with van der Waals surface area (Å²) in [5.74, 6) is -1.45.